The van der Waals surface area contributed by atoms with Gasteiger partial charge in [0.1, 0.15) is 0 Å². The highest BCUT2D eigenvalue weighted by molar-refractivity contribution is 6.40. The van der Waals surface area contributed by atoms with E-state index in [0.29, 0.717) is 6.67 Å². The first-order valence-corrected chi connectivity index (χ1v) is 5.20. The fraction of sp³-hybridized carbons (Fsp3) is 0.600. The molecule has 8 heavy (non-hydrogen) atoms. The van der Waals surface area contributed by atoms with Gasteiger partial charge >= 0.3 is 0 Å². The SMILES string of the molecule is C[SiH2]C=CCNCN. The van der Waals surface area contributed by atoms with Crippen LogP contribution in [0.2, 0.25) is 6.55 Å². The van der Waals surface area contributed by atoms with Crippen molar-refractivity contribution in [1.82, 2.24) is 5.32 Å². The first-order valence-electron chi connectivity index (χ1n) is 2.97. The van der Waals surface area contributed by atoms with Crippen LogP contribution in [-0.2, 0) is 0 Å². The van der Waals surface area contributed by atoms with Crippen LogP contribution in [0, 0.1) is 0 Å². The van der Waals surface area contributed by atoms with E-state index in [9.17, 15) is 0 Å². The maximum absolute atomic E-state index is 5.18. The molecule has 0 radical (unpaired) electrons. The van der Waals surface area contributed by atoms with E-state index < -0.39 is 0 Å². The van der Waals surface area contributed by atoms with Gasteiger partial charge in [0.25, 0.3) is 0 Å². The molecule has 2 nitrogen and oxygen atoms in total. The van der Waals surface area contributed by atoms with Crippen LogP contribution in [-0.4, -0.2) is 22.7 Å². The molecule has 0 atom stereocenters. The Balaban J connectivity index is 2.80. The van der Waals surface area contributed by atoms with Crippen molar-refractivity contribution in [3.8, 4) is 0 Å². The topological polar surface area (TPSA) is 38.0 Å². The van der Waals surface area contributed by atoms with Crippen molar-refractivity contribution in [2.24, 2.45) is 5.73 Å². The Morgan fingerprint density at radius 3 is 3.00 bits per heavy atom. The van der Waals surface area contributed by atoms with E-state index in [4.69, 9.17) is 5.73 Å². The third-order valence-corrected chi connectivity index (χ3v) is 1.61. The molecule has 0 aliphatic carbocycles. The van der Waals surface area contributed by atoms with Crippen molar-refractivity contribution >= 4 is 9.52 Å². The second kappa shape index (κ2) is 6.88. The van der Waals surface area contributed by atoms with Gasteiger partial charge < -0.3 is 11.1 Å². The smallest absolute Gasteiger partial charge is 0.0431 e. The summed E-state index contributed by atoms with van der Waals surface area (Å²) in [6, 6.07) is 0. The molecule has 0 spiro atoms. The molecule has 3 N–H and O–H groups in total. The van der Waals surface area contributed by atoms with Gasteiger partial charge in [0.15, 0.2) is 0 Å². The van der Waals surface area contributed by atoms with Gasteiger partial charge in [-0.2, -0.15) is 0 Å². The van der Waals surface area contributed by atoms with E-state index >= 15 is 0 Å². The zero-order chi connectivity index (χ0) is 6.24. The van der Waals surface area contributed by atoms with E-state index in [1.165, 1.54) is 0 Å². The molecule has 0 aromatic heterocycles. The van der Waals surface area contributed by atoms with Gasteiger partial charge in [-0.3, -0.25) is 0 Å². The van der Waals surface area contributed by atoms with Crippen LogP contribution in [0.3, 0.4) is 0 Å². The zero-order valence-corrected chi connectivity index (χ0v) is 6.77. The lowest BCUT2D eigenvalue weighted by molar-refractivity contribution is 0.776. The normalized spacial score (nSPS) is 12.2. The van der Waals surface area contributed by atoms with Crippen LogP contribution in [0.5, 0.6) is 0 Å². The lowest BCUT2D eigenvalue weighted by Crippen LogP contribution is -2.21. The molecule has 0 rings (SSSR count). The molecule has 0 aliphatic heterocycles. The molecule has 0 saturated heterocycles. The summed E-state index contributed by atoms with van der Waals surface area (Å²) in [5.41, 5.74) is 7.43. The van der Waals surface area contributed by atoms with Gasteiger partial charge in [-0.15, -0.1) is 5.70 Å². The fourth-order valence-electron chi connectivity index (χ4n) is 0.417. The quantitative estimate of drug-likeness (QED) is 0.298. The molecule has 3 heteroatoms. The van der Waals surface area contributed by atoms with E-state index in [-0.39, 0.29) is 9.52 Å². The second-order valence-corrected chi connectivity index (χ2v) is 2.83. The molecule has 0 amide bonds. The van der Waals surface area contributed by atoms with Crippen LogP contribution in [0.4, 0.5) is 0 Å². The van der Waals surface area contributed by atoms with E-state index in [1.54, 1.807) is 0 Å². The summed E-state index contributed by atoms with van der Waals surface area (Å²) < 4.78 is 0. The minimum Gasteiger partial charge on any atom is -0.318 e. The molecule has 0 aliphatic rings. The third kappa shape index (κ3) is 5.88. The molecule has 0 unspecified atom stereocenters. The van der Waals surface area contributed by atoms with E-state index in [2.05, 4.69) is 23.6 Å². The number of hydrogen-bond acceptors (Lipinski definition) is 2. The van der Waals surface area contributed by atoms with Crippen LogP contribution in [0.15, 0.2) is 11.8 Å². The molecule has 48 valence electrons. The summed E-state index contributed by atoms with van der Waals surface area (Å²) >= 11 is 0. The molecular weight excluding hydrogens is 116 g/mol. The zero-order valence-electron chi connectivity index (χ0n) is 5.35. The average Bonchev–Trinajstić information content (AvgIpc) is 1.81. The predicted octanol–water partition coefficient (Wildman–Crippen LogP) is -0.777. The summed E-state index contributed by atoms with van der Waals surface area (Å²) in [7, 11) is 0.125. The lowest BCUT2D eigenvalue weighted by atomic mass is 10.6. The largest absolute Gasteiger partial charge is 0.318 e. The number of nitrogens with one attached hydrogen (secondary N) is 1. The molecule has 0 aromatic carbocycles. The molecule has 0 aromatic rings. The maximum Gasteiger partial charge on any atom is 0.0431 e. The molecule has 0 heterocycles. The summed E-state index contributed by atoms with van der Waals surface area (Å²) in [6.07, 6.45) is 2.14. The van der Waals surface area contributed by atoms with Crippen molar-refractivity contribution < 1.29 is 0 Å². The van der Waals surface area contributed by atoms with Crippen molar-refractivity contribution in [3.63, 3.8) is 0 Å². The number of nitrogens with two attached hydrogens (primary N) is 1. The minimum atomic E-state index is 0.125. The second-order valence-electron chi connectivity index (χ2n) is 1.54. The van der Waals surface area contributed by atoms with Crippen molar-refractivity contribution in [1.29, 1.82) is 0 Å². The maximum atomic E-state index is 5.18. The Morgan fingerprint density at radius 2 is 2.50 bits per heavy atom. The molecule has 0 bridgehead atoms. The van der Waals surface area contributed by atoms with Gasteiger partial charge in [-0.25, -0.2) is 0 Å². The first-order chi connectivity index (χ1) is 3.91. The third-order valence-electron chi connectivity index (χ3n) is 0.809. The predicted molar refractivity (Wildman–Crippen MR) is 40.6 cm³/mol. The highest BCUT2D eigenvalue weighted by Crippen LogP contribution is 1.65. The summed E-state index contributed by atoms with van der Waals surface area (Å²) in [5, 5.41) is 3.00. The monoisotopic (exact) mass is 130 g/mol. The van der Waals surface area contributed by atoms with Crippen molar-refractivity contribution in [2.45, 2.75) is 6.55 Å². The molecule has 0 fully saturated rings. The highest BCUT2D eigenvalue weighted by atomic mass is 28.2. The first kappa shape index (κ1) is 7.88. The van der Waals surface area contributed by atoms with E-state index in [1.807, 2.05) is 0 Å². The van der Waals surface area contributed by atoms with Gasteiger partial charge in [-0.05, 0) is 0 Å². The fourth-order valence-corrected chi connectivity index (χ4v) is 0.917. The number of hydrogen-bond donors (Lipinski definition) is 2. The summed E-state index contributed by atoms with van der Waals surface area (Å²) in [4.78, 5) is 0. The summed E-state index contributed by atoms with van der Waals surface area (Å²) in [6.45, 7) is 3.76. The van der Waals surface area contributed by atoms with Crippen LogP contribution < -0.4 is 11.1 Å². The Kier molecular flexibility index (Phi) is 6.77. The minimum absolute atomic E-state index is 0.125. The standard InChI is InChI=1S/C5H14N2Si/c1-8-4-2-3-7-5-6/h2,4,7H,3,5-6,8H2,1H3. The van der Waals surface area contributed by atoms with Crippen LogP contribution in [0.25, 0.3) is 0 Å². The van der Waals surface area contributed by atoms with Gasteiger partial charge in [0.05, 0.1) is 0 Å². The molecule has 0 saturated carbocycles. The number of rotatable bonds is 4. The Labute approximate surface area is 53.0 Å². The Bertz CT molecular complexity index is 63.4. The van der Waals surface area contributed by atoms with Crippen molar-refractivity contribution in [3.05, 3.63) is 11.8 Å². The van der Waals surface area contributed by atoms with Gasteiger partial charge in [0, 0.05) is 22.7 Å². The Morgan fingerprint density at radius 1 is 1.75 bits per heavy atom. The van der Waals surface area contributed by atoms with Gasteiger partial charge in [-0.1, -0.05) is 12.6 Å². The van der Waals surface area contributed by atoms with Gasteiger partial charge in [0.2, 0.25) is 0 Å². The van der Waals surface area contributed by atoms with Crippen LogP contribution >= 0.6 is 0 Å². The molecular formula is C5H14N2Si. The lowest BCUT2D eigenvalue weighted by Gasteiger charge is -1.90. The summed E-state index contributed by atoms with van der Waals surface area (Å²) in [5.74, 6) is 0. The van der Waals surface area contributed by atoms with Crippen LogP contribution in [0.1, 0.15) is 0 Å². The van der Waals surface area contributed by atoms with Crippen molar-refractivity contribution in [2.75, 3.05) is 13.2 Å². The highest BCUT2D eigenvalue weighted by Gasteiger charge is 1.71. The average molecular weight is 130 g/mol. The Hall–Kier alpha value is -0.123. The van der Waals surface area contributed by atoms with E-state index in [0.717, 1.165) is 6.54 Å².